The topological polar surface area (TPSA) is 75.7 Å². The lowest BCUT2D eigenvalue weighted by molar-refractivity contribution is -0.119. The number of thioether (sulfide) groups is 1. The lowest BCUT2D eigenvalue weighted by Crippen LogP contribution is -2.41. The molecule has 186 valence electrons. The first-order valence-corrected chi connectivity index (χ1v) is 14.0. The third-order valence-electron chi connectivity index (χ3n) is 5.28. The maximum atomic E-state index is 13.6. The number of rotatable bonds is 11. The van der Waals surface area contributed by atoms with Crippen LogP contribution in [0, 0.1) is 13.8 Å². The van der Waals surface area contributed by atoms with Crippen LogP contribution in [0.5, 0.6) is 5.75 Å². The smallest absolute Gasteiger partial charge is 0.264 e. The summed E-state index contributed by atoms with van der Waals surface area (Å²) in [5, 5.41) is 3.54. The van der Waals surface area contributed by atoms with E-state index in [-0.39, 0.29) is 11.4 Å². The third kappa shape index (κ3) is 7.16. The highest BCUT2D eigenvalue weighted by molar-refractivity contribution is 7.98. The summed E-state index contributed by atoms with van der Waals surface area (Å²) in [6, 6.07) is 19.4. The fraction of sp³-hybridized carbons (Fsp3) is 0.269. The van der Waals surface area contributed by atoms with Crippen molar-refractivity contribution in [3.8, 4) is 5.75 Å². The van der Waals surface area contributed by atoms with Crippen LogP contribution in [0.15, 0.2) is 71.6 Å². The normalized spacial score (nSPS) is 11.2. The predicted octanol–water partition coefficient (Wildman–Crippen LogP) is 5.21. The van der Waals surface area contributed by atoms with E-state index < -0.39 is 15.9 Å². The minimum atomic E-state index is -4.02. The van der Waals surface area contributed by atoms with E-state index in [0.717, 1.165) is 26.7 Å². The molecule has 3 rings (SSSR count). The molecule has 0 spiro atoms. The molecule has 3 aromatic carbocycles. The van der Waals surface area contributed by atoms with Crippen molar-refractivity contribution in [3.05, 3.63) is 88.4 Å². The van der Waals surface area contributed by atoms with Crippen molar-refractivity contribution < 1.29 is 17.9 Å². The van der Waals surface area contributed by atoms with Gasteiger partial charge in [0.05, 0.1) is 17.7 Å². The number of carbonyl (C=O) groups excluding carboxylic acids is 1. The van der Waals surface area contributed by atoms with Gasteiger partial charge in [0, 0.05) is 23.1 Å². The second-order valence-corrected chi connectivity index (χ2v) is 11.4. The molecule has 6 nitrogen and oxygen atoms in total. The molecule has 1 N–H and O–H groups in total. The number of halogens is 1. The van der Waals surface area contributed by atoms with Gasteiger partial charge >= 0.3 is 0 Å². The van der Waals surface area contributed by atoms with Crippen LogP contribution in [0.1, 0.15) is 16.7 Å². The molecule has 0 saturated heterocycles. The molecule has 0 heterocycles. The van der Waals surface area contributed by atoms with Gasteiger partial charge in [-0.25, -0.2) is 8.42 Å². The maximum Gasteiger partial charge on any atom is 0.264 e. The van der Waals surface area contributed by atoms with Crippen LogP contribution >= 0.6 is 23.4 Å². The van der Waals surface area contributed by atoms with Crippen LogP contribution in [0.4, 0.5) is 5.69 Å². The van der Waals surface area contributed by atoms with Gasteiger partial charge in [-0.05, 0) is 55.3 Å². The van der Waals surface area contributed by atoms with Crippen LogP contribution < -0.4 is 14.4 Å². The fourth-order valence-corrected chi connectivity index (χ4v) is 5.95. The molecular weight excluding hydrogens is 504 g/mol. The van der Waals surface area contributed by atoms with Gasteiger partial charge in [0.1, 0.15) is 12.3 Å². The molecule has 3 aromatic rings. The number of amides is 1. The Labute approximate surface area is 216 Å². The number of anilines is 1. The van der Waals surface area contributed by atoms with Gasteiger partial charge in [0.15, 0.2) is 0 Å². The summed E-state index contributed by atoms with van der Waals surface area (Å²) >= 11 is 7.82. The van der Waals surface area contributed by atoms with E-state index in [4.69, 9.17) is 16.3 Å². The maximum absolute atomic E-state index is 13.6. The van der Waals surface area contributed by atoms with Crippen molar-refractivity contribution >= 4 is 45.0 Å². The molecule has 0 saturated carbocycles. The highest BCUT2D eigenvalue weighted by Crippen LogP contribution is 2.33. The Kier molecular flexibility index (Phi) is 9.48. The zero-order valence-electron chi connectivity index (χ0n) is 20.0. The van der Waals surface area contributed by atoms with Crippen LogP contribution in [0.2, 0.25) is 5.02 Å². The lowest BCUT2D eigenvalue weighted by atomic mass is 10.2. The number of carbonyl (C=O) groups is 1. The van der Waals surface area contributed by atoms with Gasteiger partial charge in [0.25, 0.3) is 10.0 Å². The second kappa shape index (κ2) is 12.3. The number of ether oxygens (including phenoxy) is 1. The summed E-state index contributed by atoms with van der Waals surface area (Å²) in [6.07, 6.45) is 0. The van der Waals surface area contributed by atoms with Gasteiger partial charge in [-0.3, -0.25) is 9.10 Å². The summed E-state index contributed by atoms with van der Waals surface area (Å²) in [5.41, 5.74) is 3.14. The zero-order valence-corrected chi connectivity index (χ0v) is 22.3. The summed E-state index contributed by atoms with van der Waals surface area (Å²) in [5.74, 6) is 1.36. The number of hydrogen-bond donors (Lipinski definition) is 1. The molecule has 0 radical (unpaired) electrons. The van der Waals surface area contributed by atoms with E-state index in [0.29, 0.717) is 28.8 Å². The average Bonchev–Trinajstić information content (AvgIpc) is 2.83. The monoisotopic (exact) mass is 532 g/mol. The van der Waals surface area contributed by atoms with E-state index in [1.165, 1.54) is 7.11 Å². The van der Waals surface area contributed by atoms with Gasteiger partial charge < -0.3 is 10.1 Å². The third-order valence-corrected chi connectivity index (χ3v) is 8.43. The standard InChI is InChI=1S/C26H29ClN2O4S2/c1-19-8-11-22(12-9-19)35(31,32)29(24-16-20(2)10-13-25(24)33-3)17-26(30)28-14-15-34-18-21-6-4-5-7-23(21)27/h4-13,16H,14-15,17-18H2,1-3H3,(H,28,30). The van der Waals surface area contributed by atoms with Crippen molar-refractivity contribution in [2.45, 2.75) is 24.5 Å². The van der Waals surface area contributed by atoms with Crippen molar-refractivity contribution in [2.75, 3.05) is 30.3 Å². The molecule has 0 aromatic heterocycles. The molecule has 0 atom stereocenters. The molecule has 0 aliphatic carbocycles. The number of nitrogens with zero attached hydrogens (tertiary/aromatic N) is 1. The lowest BCUT2D eigenvalue weighted by Gasteiger charge is -2.26. The van der Waals surface area contributed by atoms with Gasteiger partial charge in [0.2, 0.25) is 5.91 Å². The van der Waals surface area contributed by atoms with Crippen molar-refractivity contribution in [2.24, 2.45) is 0 Å². The zero-order chi connectivity index (χ0) is 25.4. The SMILES string of the molecule is COc1ccc(C)cc1N(CC(=O)NCCSCc1ccccc1Cl)S(=O)(=O)c1ccc(C)cc1. The summed E-state index contributed by atoms with van der Waals surface area (Å²) in [6.45, 7) is 3.77. The Morgan fingerprint density at radius 2 is 1.71 bits per heavy atom. The van der Waals surface area contributed by atoms with Gasteiger partial charge in [-0.1, -0.05) is 53.6 Å². The number of aryl methyl sites for hydroxylation is 2. The molecule has 1 amide bonds. The fourth-order valence-electron chi connectivity index (χ4n) is 3.38. The van der Waals surface area contributed by atoms with Crippen molar-refractivity contribution in [1.29, 1.82) is 0 Å². The van der Waals surface area contributed by atoms with Crippen molar-refractivity contribution in [3.63, 3.8) is 0 Å². The van der Waals surface area contributed by atoms with E-state index in [9.17, 15) is 13.2 Å². The summed E-state index contributed by atoms with van der Waals surface area (Å²) in [7, 11) is -2.55. The van der Waals surface area contributed by atoms with E-state index in [2.05, 4.69) is 5.32 Å². The molecule has 9 heteroatoms. The average molecular weight is 533 g/mol. The number of benzene rings is 3. The summed E-state index contributed by atoms with van der Waals surface area (Å²) < 4.78 is 33.7. The number of methoxy groups -OCH3 is 1. The summed E-state index contributed by atoms with van der Waals surface area (Å²) in [4.78, 5) is 12.9. The molecule has 0 aliphatic heterocycles. The van der Waals surface area contributed by atoms with Crippen LogP contribution in [0.25, 0.3) is 0 Å². The molecule has 0 unspecified atom stereocenters. The molecule has 0 bridgehead atoms. The first-order chi connectivity index (χ1) is 16.7. The second-order valence-electron chi connectivity index (χ2n) is 7.99. The van der Waals surface area contributed by atoms with Crippen LogP contribution in [-0.4, -0.2) is 40.3 Å². The Morgan fingerprint density at radius 3 is 2.40 bits per heavy atom. The number of nitrogens with one attached hydrogen (secondary N) is 1. The Morgan fingerprint density at radius 1 is 1.03 bits per heavy atom. The Bertz CT molecular complexity index is 1260. The largest absolute Gasteiger partial charge is 0.495 e. The molecule has 0 aliphatic rings. The van der Waals surface area contributed by atoms with Crippen LogP contribution in [0.3, 0.4) is 0 Å². The highest BCUT2D eigenvalue weighted by Gasteiger charge is 2.29. The van der Waals surface area contributed by atoms with E-state index in [1.54, 1.807) is 48.2 Å². The van der Waals surface area contributed by atoms with E-state index in [1.807, 2.05) is 44.2 Å². The molecule has 0 fully saturated rings. The van der Waals surface area contributed by atoms with E-state index >= 15 is 0 Å². The first kappa shape index (κ1) is 26.9. The number of hydrogen-bond acceptors (Lipinski definition) is 5. The first-order valence-electron chi connectivity index (χ1n) is 11.0. The molecule has 35 heavy (non-hydrogen) atoms. The van der Waals surface area contributed by atoms with Gasteiger partial charge in [-0.2, -0.15) is 11.8 Å². The Balaban J connectivity index is 1.73. The predicted molar refractivity (Wildman–Crippen MR) is 144 cm³/mol. The Hall–Kier alpha value is -2.68. The molecular formula is C26H29ClN2O4S2. The number of sulfonamides is 1. The highest BCUT2D eigenvalue weighted by atomic mass is 35.5. The van der Waals surface area contributed by atoms with Gasteiger partial charge in [-0.15, -0.1) is 0 Å². The van der Waals surface area contributed by atoms with Crippen LogP contribution in [-0.2, 0) is 20.6 Å². The quantitative estimate of drug-likeness (QED) is 0.343. The van der Waals surface area contributed by atoms with Crippen molar-refractivity contribution in [1.82, 2.24) is 5.32 Å². The minimum absolute atomic E-state index is 0.106. The minimum Gasteiger partial charge on any atom is -0.495 e.